The number of rotatable bonds is 5. The normalized spacial score (nSPS) is 12.2. The van der Waals surface area contributed by atoms with Crippen molar-refractivity contribution in [2.75, 3.05) is 13.6 Å². The zero-order valence-corrected chi connectivity index (χ0v) is 13.2. The molecular weight excluding hydrogens is 264 g/mol. The third-order valence-electron chi connectivity index (χ3n) is 3.22. The van der Waals surface area contributed by atoms with E-state index in [9.17, 15) is 4.79 Å². The summed E-state index contributed by atoms with van der Waals surface area (Å²) in [7, 11) is 3.59. The Morgan fingerprint density at radius 3 is 2.53 bits per heavy atom. The van der Waals surface area contributed by atoms with E-state index in [1.807, 2.05) is 6.92 Å². The molecule has 1 rings (SSSR count). The van der Waals surface area contributed by atoms with Gasteiger partial charge in [-0.05, 0) is 25.3 Å². The highest BCUT2D eigenvalue weighted by Crippen LogP contribution is 2.08. The molecule has 0 aliphatic rings. The number of aromatic nitrogens is 2. The van der Waals surface area contributed by atoms with Crippen molar-refractivity contribution >= 4 is 18.3 Å². The summed E-state index contributed by atoms with van der Waals surface area (Å²) in [6, 6.07) is 1.94. The molecule has 0 bridgehead atoms. The molecule has 6 heteroatoms. The highest BCUT2D eigenvalue weighted by Gasteiger charge is 2.17. The lowest BCUT2D eigenvalue weighted by molar-refractivity contribution is 0.0778. The molecule has 0 radical (unpaired) electrons. The molecular formula is C13H25ClN4O. The maximum Gasteiger partial charge on any atom is 0.271 e. The third-order valence-corrected chi connectivity index (χ3v) is 3.22. The maximum absolute atomic E-state index is 12.2. The number of halogens is 1. The number of carbonyl (C=O) groups is 1. The number of hydrogen-bond acceptors (Lipinski definition) is 3. The van der Waals surface area contributed by atoms with Gasteiger partial charge in [-0.25, -0.2) is 0 Å². The Labute approximate surface area is 121 Å². The van der Waals surface area contributed by atoms with Crippen molar-refractivity contribution < 1.29 is 4.79 Å². The molecule has 2 N–H and O–H groups in total. The van der Waals surface area contributed by atoms with Crippen LogP contribution in [0.4, 0.5) is 0 Å². The number of aryl methyl sites for hydroxylation is 2. The van der Waals surface area contributed by atoms with E-state index in [2.05, 4.69) is 18.9 Å². The fourth-order valence-electron chi connectivity index (χ4n) is 1.78. The molecule has 0 saturated heterocycles. The van der Waals surface area contributed by atoms with Crippen LogP contribution in [-0.4, -0.2) is 40.2 Å². The van der Waals surface area contributed by atoms with Gasteiger partial charge in [0.1, 0.15) is 5.69 Å². The van der Waals surface area contributed by atoms with Crippen LogP contribution in [0.3, 0.4) is 0 Å². The first-order valence-electron chi connectivity index (χ1n) is 6.34. The number of carbonyl (C=O) groups excluding carboxylic acids is 1. The molecule has 1 heterocycles. The van der Waals surface area contributed by atoms with Gasteiger partial charge in [0.2, 0.25) is 0 Å². The molecule has 19 heavy (non-hydrogen) atoms. The van der Waals surface area contributed by atoms with Crippen LogP contribution in [-0.2, 0) is 7.05 Å². The van der Waals surface area contributed by atoms with Crippen LogP contribution in [0.15, 0.2) is 6.07 Å². The maximum atomic E-state index is 12.2. The fraction of sp³-hybridized carbons (Fsp3) is 0.692. The molecule has 0 aliphatic carbocycles. The van der Waals surface area contributed by atoms with Crippen LogP contribution in [0.1, 0.15) is 36.5 Å². The summed E-state index contributed by atoms with van der Waals surface area (Å²) in [6.45, 7) is 6.74. The van der Waals surface area contributed by atoms with Gasteiger partial charge in [0.25, 0.3) is 5.91 Å². The molecule has 5 nitrogen and oxygen atoms in total. The SMILES string of the molecule is Cc1cc(C(=O)N(C)CCC(N)C(C)C)n(C)n1.Cl. The molecule has 110 valence electrons. The minimum atomic E-state index is -0.00550. The van der Waals surface area contributed by atoms with Gasteiger partial charge >= 0.3 is 0 Å². The van der Waals surface area contributed by atoms with Gasteiger partial charge in [-0.1, -0.05) is 13.8 Å². The third kappa shape index (κ3) is 4.84. The molecule has 1 aromatic rings. The van der Waals surface area contributed by atoms with Crippen LogP contribution in [0.2, 0.25) is 0 Å². The second-order valence-corrected chi connectivity index (χ2v) is 5.22. The van der Waals surface area contributed by atoms with E-state index in [4.69, 9.17) is 5.73 Å². The highest BCUT2D eigenvalue weighted by atomic mass is 35.5. The van der Waals surface area contributed by atoms with Gasteiger partial charge < -0.3 is 10.6 Å². The van der Waals surface area contributed by atoms with Gasteiger partial charge in [-0.15, -0.1) is 12.4 Å². The zero-order valence-electron chi connectivity index (χ0n) is 12.4. The summed E-state index contributed by atoms with van der Waals surface area (Å²) in [5.74, 6) is 0.432. The topological polar surface area (TPSA) is 64.2 Å². The van der Waals surface area contributed by atoms with Crippen molar-refractivity contribution in [1.82, 2.24) is 14.7 Å². The van der Waals surface area contributed by atoms with Crippen molar-refractivity contribution in [3.05, 3.63) is 17.5 Å². The van der Waals surface area contributed by atoms with E-state index >= 15 is 0 Å². The summed E-state index contributed by atoms with van der Waals surface area (Å²) in [6.07, 6.45) is 0.816. The van der Waals surface area contributed by atoms with Crippen molar-refractivity contribution in [2.45, 2.75) is 33.2 Å². The summed E-state index contributed by atoms with van der Waals surface area (Å²) in [4.78, 5) is 13.9. The molecule has 0 fully saturated rings. The van der Waals surface area contributed by atoms with Crippen LogP contribution in [0, 0.1) is 12.8 Å². The molecule has 0 aliphatic heterocycles. The minimum absolute atomic E-state index is 0. The standard InChI is InChI=1S/C13H24N4O.ClH/c1-9(2)11(14)6-7-16(4)13(18)12-8-10(3)15-17(12)5;/h8-9,11H,6-7,14H2,1-5H3;1H. The van der Waals surface area contributed by atoms with Crippen molar-refractivity contribution in [3.63, 3.8) is 0 Å². The number of amides is 1. The summed E-state index contributed by atoms with van der Waals surface area (Å²) in [5.41, 5.74) is 7.46. The van der Waals surface area contributed by atoms with Gasteiger partial charge in [-0.2, -0.15) is 5.10 Å². The monoisotopic (exact) mass is 288 g/mol. The first-order valence-corrected chi connectivity index (χ1v) is 6.34. The van der Waals surface area contributed by atoms with E-state index < -0.39 is 0 Å². The van der Waals surface area contributed by atoms with E-state index in [0.29, 0.717) is 18.2 Å². The zero-order chi connectivity index (χ0) is 13.9. The van der Waals surface area contributed by atoms with E-state index in [0.717, 1.165) is 12.1 Å². The fourth-order valence-corrected chi connectivity index (χ4v) is 1.78. The van der Waals surface area contributed by atoms with Crippen LogP contribution < -0.4 is 5.73 Å². The predicted molar refractivity (Wildman–Crippen MR) is 79.6 cm³/mol. The molecule has 1 unspecified atom stereocenters. The Morgan fingerprint density at radius 1 is 1.53 bits per heavy atom. The van der Waals surface area contributed by atoms with Crippen LogP contribution in [0.5, 0.6) is 0 Å². The quantitative estimate of drug-likeness (QED) is 0.895. The first kappa shape index (κ1) is 17.9. The molecule has 1 amide bonds. The number of nitrogens with zero attached hydrogens (tertiary/aromatic N) is 3. The summed E-state index contributed by atoms with van der Waals surface area (Å²) in [5, 5.41) is 4.18. The Hall–Kier alpha value is -1.07. The molecule has 0 saturated carbocycles. The Kier molecular flexibility index (Phi) is 7.08. The Bertz CT molecular complexity index is 417. The first-order chi connectivity index (χ1) is 8.32. The molecule has 1 aromatic heterocycles. The molecule has 0 aromatic carbocycles. The van der Waals surface area contributed by atoms with Crippen LogP contribution >= 0.6 is 12.4 Å². The van der Waals surface area contributed by atoms with Gasteiger partial charge in [-0.3, -0.25) is 9.48 Å². The Morgan fingerprint density at radius 2 is 2.11 bits per heavy atom. The summed E-state index contributed by atoms with van der Waals surface area (Å²) >= 11 is 0. The van der Waals surface area contributed by atoms with Gasteiger partial charge in [0.15, 0.2) is 0 Å². The van der Waals surface area contributed by atoms with E-state index in [1.54, 1.807) is 29.7 Å². The Balaban J connectivity index is 0.00000324. The number of nitrogens with two attached hydrogens (primary N) is 1. The highest BCUT2D eigenvalue weighted by molar-refractivity contribution is 5.92. The van der Waals surface area contributed by atoms with Crippen molar-refractivity contribution in [1.29, 1.82) is 0 Å². The number of hydrogen-bond donors (Lipinski definition) is 1. The van der Waals surface area contributed by atoms with Gasteiger partial charge in [0.05, 0.1) is 5.69 Å². The second kappa shape index (κ2) is 7.50. The molecule has 0 spiro atoms. The van der Waals surface area contributed by atoms with E-state index in [-0.39, 0.29) is 24.4 Å². The lowest BCUT2D eigenvalue weighted by Crippen LogP contribution is -2.35. The van der Waals surface area contributed by atoms with Gasteiger partial charge in [0, 0.05) is 26.7 Å². The second-order valence-electron chi connectivity index (χ2n) is 5.22. The average molecular weight is 289 g/mol. The average Bonchev–Trinajstić information content (AvgIpc) is 2.63. The molecule has 1 atom stereocenters. The lowest BCUT2D eigenvalue weighted by atomic mass is 10.0. The predicted octanol–water partition coefficient (Wildman–Crippen LogP) is 1.60. The largest absolute Gasteiger partial charge is 0.340 e. The van der Waals surface area contributed by atoms with Crippen molar-refractivity contribution in [3.8, 4) is 0 Å². The van der Waals surface area contributed by atoms with Crippen LogP contribution in [0.25, 0.3) is 0 Å². The lowest BCUT2D eigenvalue weighted by Gasteiger charge is -2.21. The minimum Gasteiger partial charge on any atom is -0.340 e. The summed E-state index contributed by atoms with van der Waals surface area (Å²) < 4.78 is 1.62. The smallest absolute Gasteiger partial charge is 0.271 e. The van der Waals surface area contributed by atoms with E-state index in [1.165, 1.54) is 0 Å². The van der Waals surface area contributed by atoms with Crippen molar-refractivity contribution in [2.24, 2.45) is 18.7 Å².